The Kier molecular flexibility index (Phi) is 4.95. The standard InChI is InChI=1S/C14H20N4O2/c1-4-19-12-7-5-6-11(8-15-2)14(12)20-9-13-17-16-10-18(13)3/h5-7,10,15H,4,8-9H2,1-3H3. The van der Waals surface area contributed by atoms with Gasteiger partial charge in [-0.2, -0.15) is 0 Å². The van der Waals surface area contributed by atoms with Gasteiger partial charge in [-0.1, -0.05) is 12.1 Å². The van der Waals surface area contributed by atoms with Gasteiger partial charge in [0.1, 0.15) is 12.9 Å². The largest absolute Gasteiger partial charge is 0.490 e. The molecule has 0 aliphatic carbocycles. The van der Waals surface area contributed by atoms with E-state index in [-0.39, 0.29) is 0 Å². The van der Waals surface area contributed by atoms with Gasteiger partial charge in [-0.05, 0) is 20.0 Å². The molecule has 0 amide bonds. The minimum atomic E-state index is 0.358. The first-order valence-corrected chi connectivity index (χ1v) is 6.61. The van der Waals surface area contributed by atoms with Crippen LogP contribution in [0.1, 0.15) is 18.3 Å². The number of aromatic nitrogens is 3. The highest BCUT2D eigenvalue weighted by Gasteiger charge is 2.12. The van der Waals surface area contributed by atoms with E-state index in [4.69, 9.17) is 9.47 Å². The molecule has 6 heteroatoms. The molecule has 0 spiro atoms. The molecular formula is C14H20N4O2. The quantitative estimate of drug-likeness (QED) is 0.830. The molecule has 0 saturated heterocycles. The predicted molar refractivity (Wildman–Crippen MR) is 75.7 cm³/mol. The molecule has 0 saturated carbocycles. The molecule has 1 heterocycles. The van der Waals surface area contributed by atoms with Crippen LogP contribution in [0.4, 0.5) is 0 Å². The van der Waals surface area contributed by atoms with E-state index in [9.17, 15) is 0 Å². The minimum Gasteiger partial charge on any atom is -0.490 e. The molecule has 0 aliphatic heterocycles. The van der Waals surface area contributed by atoms with Gasteiger partial charge in [0.05, 0.1) is 6.61 Å². The number of hydrogen-bond donors (Lipinski definition) is 1. The maximum Gasteiger partial charge on any atom is 0.170 e. The molecule has 2 aromatic rings. The van der Waals surface area contributed by atoms with Gasteiger partial charge in [0.2, 0.25) is 0 Å². The third-order valence-corrected chi connectivity index (χ3v) is 2.88. The topological polar surface area (TPSA) is 61.2 Å². The van der Waals surface area contributed by atoms with Gasteiger partial charge in [0.25, 0.3) is 0 Å². The lowest BCUT2D eigenvalue weighted by Gasteiger charge is -2.15. The summed E-state index contributed by atoms with van der Waals surface area (Å²) in [4.78, 5) is 0. The van der Waals surface area contributed by atoms with Crippen molar-refractivity contribution in [3.05, 3.63) is 35.9 Å². The number of nitrogens with one attached hydrogen (secondary N) is 1. The van der Waals surface area contributed by atoms with Crippen molar-refractivity contribution in [1.82, 2.24) is 20.1 Å². The number of rotatable bonds is 7. The summed E-state index contributed by atoms with van der Waals surface area (Å²) in [5, 5.41) is 11.0. The summed E-state index contributed by atoms with van der Waals surface area (Å²) in [6, 6.07) is 5.90. The average Bonchev–Trinajstić information content (AvgIpc) is 2.84. The first-order chi connectivity index (χ1) is 9.76. The first kappa shape index (κ1) is 14.3. The number of hydrogen-bond acceptors (Lipinski definition) is 5. The highest BCUT2D eigenvalue weighted by Crippen LogP contribution is 2.32. The summed E-state index contributed by atoms with van der Waals surface area (Å²) in [6.45, 7) is 3.63. The Morgan fingerprint density at radius 3 is 2.80 bits per heavy atom. The second-order valence-electron chi connectivity index (χ2n) is 4.35. The summed E-state index contributed by atoms with van der Waals surface area (Å²) in [6.07, 6.45) is 1.65. The summed E-state index contributed by atoms with van der Waals surface area (Å²) in [7, 11) is 3.79. The van der Waals surface area contributed by atoms with Crippen LogP contribution in [0.2, 0.25) is 0 Å². The average molecular weight is 276 g/mol. The Balaban J connectivity index is 2.20. The Labute approximate surface area is 118 Å². The first-order valence-electron chi connectivity index (χ1n) is 6.61. The molecule has 2 rings (SSSR count). The molecule has 1 aromatic carbocycles. The molecule has 6 nitrogen and oxygen atoms in total. The van der Waals surface area contributed by atoms with E-state index in [1.54, 1.807) is 6.33 Å². The van der Waals surface area contributed by atoms with Crippen LogP contribution in [0, 0.1) is 0 Å². The van der Waals surface area contributed by atoms with Crippen LogP contribution in [0.15, 0.2) is 24.5 Å². The van der Waals surface area contributed by atoms with Crippen LogP contribution in [0.25, 0.3) is 0 Å². The van der Waals surface area contributed by atoms with Crippen LogP contribution in [-0.4, -0.2) is 28.4 Å². The molecule has 20 heavy (non-hydrogen) atoms. The smallest absolute Gasteiger partial charge is 0.170 e. The second kappa shape index (κ2) is 6.91. The summed E-state index contributed by atoms with van der Waals surface area (Å²) < 4.78 is 13.4. The van der Waals surface area contributed by atoms with E-state index in [2.05, 4.69) is 15.5 Å². The van der Waals surface area contributed by atoms with Crippen LogP contribution in [-0.2, 0) is 20.2 Å². The van der Waals surface area contributed by atoms with E-state index in [1.807, 2.05) is 43.8 Å². The minimum absolute atomic E-state index is 0.358. The van der Waals surface area contributed by atoms with Crippen molar-refractivity contribution >= 4 is 0 Å². The lowest BCUT2D eigenvalue weighted by Crippen LogP contribution is -2.10. The maximum absolute atomic E-state index is 5.91. The zero-order valence-corrected chi connectivity index (χ0v) is 12.1. The molecule has 1 N–H and O–H groups in total. The Bertz CT molecular complexity index is 530. The lowest BCUT2D eigenvalue weighted by molar-refractivity contribution is 0.257. The maximum atomic E-state index is 5.91. The van der Waals surface area contributed by atoms with Crippen molar-refractivity contribution in [2.75, 3.05) is 13.7 Å². The van der Waals surface area contributed by atoms with Gasteiger partial charge in [0, 0.05) is 19.2 Å². The van der Waals surface area contributed by atoms with Gasteiger partial charge in [-0.25, -0.2) is 0 Å². The molecule has 0 bridgehead atoms. The third-order valence-electron chi connectivity index (χ3n) is 2.88. The van der Waals surface area contributed by atoms with Crippen molar-refractivity contribution in [3.63, 3.8) is 0 Å². The lowest BCUT2D eigenvalue weighted by atomic mass is 10.2. The predicted octanol–water partition coefficient (Wildman–Crippen LogP) is 1.51. The fourth-order valence-corrected chi connectivity index (χ4v) is 1.90. The molecule has 0 unspecified atom stereocenters. The number of aryl methyl sites for hydroxylation is 1. The van der Waals surface area contributed by atoms with E-state index in [1.165, 1.54) is 0 Å². The van der Waals surface area contributed by atoms with Crippen molar-refractivity contribution < 1.29 is 9.47 Å². The summed E-state index contributed by atoms with van der Waals surface area (Å²) in [5.74, 6) is 2.28. The van der Waals surface area contributed by atoms with Gasteiger partial charge in [-0.15, -0.1) is 10.2 Å². The van der Waals surface area contributed by atoms with Crippen LogP contribution in [0.5, 0.6) is 11.5 Å². The van der Waals surface area contributed by atoms with Crippen molar-refractivity contribution in [2.45, 2.75) is 20.1 Å². The van der Waals surface area contributed by atoms with Crippen molar-refractivity contribution in [3.8, 4) is 11.5 Å². The van der Waals surface area contributed by atoms with Gasteiger partial charge in [-0.3, -0.25) is 0 Å². The zero-order chi connectivity index (χ0) is 14.4. The van der Waals surface area contributed by atoms with Crippen LogP contribution in [0.3, 0.4) is 0 Å². The monoisotopic (exact) mass is 276 g/mol. The Morgan fingerprint density at radius 2 is 2.15 bits per heavy atom. The molecular weight excluding hydrogens is 256 g/mol. The van der Waals surface area contributed by atoms with Gasteiger partial charge in [0.15, 0.2) is 17.3 Å². The van der Waals surface area contributed by atoms with E-state index in [0.717, 1.165) is 29.4 Å². The zero-order valence-electron chi connectivity index (χ0n) is 12.1. The fourth-order valence-electron chi connectivity index (χ4n) is 1.90. The highest BCUT2D eigenvalue weighted by molar-refractivity contribution is 5.46. The van der Waals surface area contributed by atoms with Crippen molar-refractivity contribution in [2.24, 2.45) is 7.05 Å². The highest BCUT2D eigenvalue weighted by atomic mass is 16.5. The SMILES string of the molecule is CCOc1cccc(CNC)c1OCc1nncn1C. The molecule has 0 atom stereocenters. The molecule has 0 fully saturated rings. The van der Waals surface area contributed by atoms with E-state index in [0.29, 0.717) is 13.2 Å². The number of nitrogens with zero attached hydrogens (tertiary/aromatic N) is 3. The van der Waals surface area contributed by atoms with Crippen LogP contribution < -0.4 is 14.8 Å². The van der Waals surface area contributed by atoms with E-state index < -0.39 is 0 Å². The molecule has 108 valence electrons. The normalized spacial score (nSPS) is 10.6. The number of benzene rings is 1. The number of ether oxygens (including phenoxy) is 2. The molecule has 0 radical (unpaired) electrons. The van der Waals surface area contributed by atoms with Gasteiger partial charge >= 0.3 is 0 Å². The Morgan fingerprint density at radius 1 is 1.30 bits per heavy atom. The van der Waals surface area contributed by atoms with E-state index >= 15 is 0 Å². The summed E-state index contributed by atoms with van der Waals surface area (Å²) in [5.41, 5.74) is 1.06. The molecule has 1 aromatic heterocycles. The van der Waals surface area contributed by atoms with Gasteiger partial charge < -0.3 is 19.4 Å². The third kappa shape index (κ3) is 3.27. The van der Waals surface area contributed by atoms with Crippen molar-refractivity contribution in [1.29, 1.82) is 0 Å². The second-order valence-corrected chi connectivity index (χ2v) is 4.35. The Hall–Kier alpha value is -2.08. The fraction of sp³-hybridized carbons (Fsp3) is 0.429. The molecule has 0 aliphatic rings. The summed E-state index contributed by atoms with van der Waals surface area (Å²) >= 11 is 0. The van der Waals surface area contributed by atoms with Crippen LogP contribution >= 0.6 is 0 Å². The number of para-hydroxylation sites is 1.